The lowest BCUT2D eigenvalue weighted by molar-refractivity contribution is -0.149. The van der Waals surface area contributed by atoms with Gasteiger partial charge in [0.15, 0.2) is 0 Å². The highest BCUT2D eigenvalue weighted by Gasteiger charge is 2.31. The summed E-state index contributed by atoms with van der Waals surface area (Å²) >= 11 is 0. The molecule has 1 aliphatic carbocycles. The van der Waals surface area contributed by atoms with Crippen molar-refractivity contribution in [2.45, 2.75) is 31.8 Å². The molecule has 3 heterocycles. The van der Waals surface area contributed by atoms with Crippen LogP contribution in [0.3, 0.4) is 0 Å². The van der Waals surface area contributed by atoms with Gasteiger partial charge in [0.1, 0.15) is 12.4 Å². The van der Waals surface area contributed by atoms with Crippen LogP contribution in [0.2, 0.25) is 0 Å². The smallest absolute Gasteiger partial charge is 0.248 e. The number of carbonyl (C=O) groups is 1. The molecule has 1 saturated carbocycles. The molecule has 1 unspecified atom stereocenters. The highest BCUT2D eigenvalue weighted by atomic mass is 16.5. The van der Waals surface area contributed by atoms with Gasteiger partial charge < -0.3 is 30.3 Å². The number of carbonyl (C=O) groups excluding carboxylic acids is 1. The van der Waals surface area contributed by atoms with E-state index in [1.54, 1.807) is 6.07 Å². The van der Waals surface area contributed by atoms with Crippen LogP contribution in [0.5, 0.6) is 5.88 Å². The number of hydrogen-bond donors (Lipinski definition) is 2. The minimum Gasteiger partial charge on any atom is -0.481 e. The van der Waals surface area contributed by atoms with Crippen LogP contribution >= 0.6 is 0 Å². The Morgan fingerprint density at radius 3 is 2.69 bits per heavy atom. The number of nitrogens with zero attached hydrogens (tertiary/aromatic N) is 4. The first kappa shape index (κ1) is 20.2. The van der Waals surface area contributed by atoms with E-state index in [1.165, 1.54) is 52.4 Å². The molecule has 29 heavy (non-hydrogen) atoms. The van der Waals surface area contributed by atoms with Crippen molar-refractivity contribution in [1.82, 2.24) is 19.8 Å². The number of methoxy groups -OCH3 is 1. The Morgan fingerprint density at radius 1 is 1.21 bits per heavy atom. The van der Waals surface area contributed by atoms with E-state index in [-0.39, 0.29) is 24.6 Å². The van der Waals surface area contributed by atoms with Crippen LogP contribution in [-0.2, 0) is 9.53 Å². The standard InChI is InChI=1S/C20H32N6O3/c1-28-18-8-17(23-20(21)24-18)22-9-16-12-26(19(27)13-29-16)11-15-4-6-25(7-5-15)10-14-2-3-14/h8,14-16H,2-7,9-13H2,1H3,(H3,21,22,23,24). The van der Waals surface area contributed by atoms with E-state index in [0.29, 0.717) is 30.7 Å². The summed E-state index contributed by atoms with van der Waals surface area (Å²) < 4.78 is 10.8. The number of morpholine rings is 1. The van der Waals surface area contributed by atoms with E-state index in [1.807, 2.05) is 4.90 Å². The number of anilines is 2. The summed E-state index contributed by atoms with van der Waals surface area (Å²) in [6.07, 6.45) is 5.10. The number of piperidine rings is 1. The summed E-state index contributed by atoms with van der Waals surface area (Å²) in [5, 5.41) is 3.22. The Kier molecular flexibility index (Phi) is 6.34. The highest BCUT2D eigenvalue weighted by molar-refractivity contribution is 5.78. The zero-order chi connectivity index (χ0) is 20.2. The maximum atomic E-state index is 12.4. The Labute approximate surface area is 171 Å². The van der Waals surface area contributed by atoms with Gasteiger partial charge in [0.2, 0.25) is 17.7 Å². The van der Waals surface area contributed by atoms with E-state index < -0.39 is 0 Å². The average molecular weight is 405 g/mol. The third-order valence-corrected chi connectivity index (χ3v) is 6.06. The van der Waals surface area contributed by atoms with Crippen molar-refractivity contribution in [3.05, 3.63) is 6.07 Å². The van der Waals surface area contributed by atoms with E-state index in [4.69, 9.17) is 15.2 Å². The highest BCUT2D eigenvalue weighted by Crippen LogP contribution is 2.31. The summed E-state index contributed by atoms with van der Waals surface area (Å²) in [5.41, 5.74) is 5.70. The minimum absolute atomic E-state index is 0.0789. The molecule has 3 fully saturated rings. The van der Waals surface area contributed by atoms with Gasteiger partial charge in [0.05, 0.1) is 13.2 Å². The number of likely N-dealkylation sites (tertiary alicyclic amines) is 1. The van der Waals surface area contributed by atoms with Crippen molar-refractivity contribution in [3.63, 3.8) is 0 Å². The molecule has 1 aromatic heterocycles. The second-order valence-corrected chi connectivity index (χ2v) is 8.45. The van der Waals surface area contributed by atoms with Gasteiger partial charge in [-0.15, -0.1) is 0 Å². The van der Waals surface area contributed by atoms with Crippen LogP contribution in [0.15, 0.2) is 6.07 Å². The summed E-state index contributed by atoms with van der Waals surface area (Å²) in [6.45, 7) is 5.74. The second-order valence-electron chi connectivity index (χ2n) is 8.45. The topological polar surface area (TPSA) is 106 Å². The number of nitrogens with two attached hydrogens (primary N) is 1. The number of nitrogens with one attached hydrogen (secondary N) is 1. The first-order valence-corrected chi connectivity index (χ1v) is 10.6. The van der Waals surface area contributed by atoms with Gasteiger partial charge in [0.25, 0.3) is 0 Å². The number of ether oxygens (including phenoxy) is 2. The fourth-order valence-corrected chi connectivity index (χ4v) is 4.17. The molecule has 0 radical (unpaired) electrons. The first-order chi connectivity index (χ1) is 14.1. The third-order valence-electron chi connectivity index (χ3n) is 6.06. The van der Waals surface area contributed by atoms with Gasteiger partial charge >= 0.3 is 0 Å². The maximum absolute atomic E-state index is 12.4. The molecule has 1 aromatic rings. The van der Waals surface area contributed by atoms with Crippen molar-refractivity contribution in [2.75, 3.05) is 64.0 Å². The molecule has 4 rings (SSSR count). The predicted molar refractivity (Wildman–Crippen MR) is 110 cm³/mol. The van der Waals surface area contributed by atoms with Crippen molar-refractivity contribution in [1.29, 1.82) is 0 Å². The minimum atomic E-state index is -0.0789. The summed E-state index contributed by atoms with van der Waals surface area (Å²) in [6, 6.07) is 1.69. The molecule has 3 aliphatic rings. The van der Waals surface area contributed by atoms with Crippen LogP contribution in [-0.4, -0.2) is 84.8 Å². The fraction of sp³-hybridized carbons (Fsp3) is 0.750. The van der Waals surface area contributed by atoms with E-state index >= 15 is 0 Å². The quantitative estimate of drug-likeness (QED) is 0.656. The molecule has 0 spiro atoms. The zero-order valence-corrected chi connectivity index (χ0v) is 17.2. The largest absolute Gasteiger partial charge is 0.481 e. The number of aromatic nitrogens is 2. The van der Waals surface area contributed by atoms with Gasteiger partial charge in [0, 0.05) is 32.2 Å². The Morgan fingerprint density at radius 2 is 1.97 bits per heavy atom. The van der Waals surface area contributed by atoms with Crippen molar-refractivity contribution in [3.8, 4) is 5.88 Å². The van der Waals surface area contributed by atoms with Crippen molar-refractivity contribution in [2.24, 2.45) is 11.8 Å². The third kappa shape index (κ3) is 5.70. The van der Waals surface area contributed by atoms with E-state index in [9.17, 15) is 4.79 Å². The molecule has 9 heteroatoms. The summed E-state index contributed by atoms with van der Waals surface area (Å²) in [7, 11) is 1.54. The van der Waals surface area contributed by atoms with Crippen LogP contribution in [0.4, 0.5) is 11.8 Å². The Bertz CT molecular complexity index is 705. The fourth-order valence-electron chi connectivity index (χ4n) is 4.17. The summed E-state index contributed by atoms with van der Waals surface area (Å²) in [5.74, 6) is 2.78. The van der Waals surface area contributed by atoms with E-state index in [2.05, 4.69) is 20.2 Å². The molecule has 3 N–H and O–H groups in total. The SMILES string of the molecule is COc1cc(NCC2CN(CC3CCN(CC4CC4)CC3)C(=O)CO2)nc(N)n1. The predicted octanol–water partition coefficient (Wildman–Crippen LogP) is 0.829. The molecule has 160 valence electrons. The number of nitrogen functional groups attached to an aromatic ring is 1. The molecule has 9 nitrogen and oxygen atoms in total. The van der Waals surface area contributed by atoms with Crippen LogP contribution < -0.4 is 15.8 Å². The number of amides is 1. The lowest BCUT2D eigenvalue weighted by atomic mass is 9.95. The average Bonchev–Trinajstić information content (AvgIpc) is 3.53. The monoisotopic (exact) mass is 404 g/mol. The zero-order valence-electron chi connectivity index (χ0n) is 17.2. The molecule has 2 saturated heterocycles. The molecular weight excluding hydrogens is 372 g/mol. The normalized spacial score (nSPS) is 24.0. The van der Waals surface area contributed by atoms with E-state index in [0.717, 1.165) is 12.5 Å². The Balaban J connectivity index is 1.24. The van der Waals surface area contributed by atoms with Gasteiger partial charge in [-0.05, 0) is 50.6 Å². The molecule has 2 aliphatic heterocycles. The van der Waals surface area contributed by atoms with Gasteiger partial charge in [-0.2, -0.15) is 9.97 Å². The van der Waals surface area contributed by atoms with Crippen LogP contribution in [0.1, 0.15) is 25.7 Å². The van der Waals surface area contributed by atoms with Crippen molar-refractivity contribution < 1.29 is 14.3 Å². The number of rotatable bonds is 8. The first-order valence-electron chi connectivity index (χ1n) is 10.6. The number of hydrogen-bond acceptors (Lipinski definition) is 8. The molecule has 1 atom stereocenters. The van der Waals surface area contributed by atoms with Crippen molar-refractivity contribution >= 4 is 17.7 Å². The lowest BCUT2D eigenvalue weighted by Crippen LogP contribution is -2.51. The molecule has 0 bridgehead atoms. The van der Waals surface area contributed by atoms with Gasteiger partial charge in [-0.1, -0.05) is 0 Å². The maximum Gasteiger partial charge on any atom is 0.248 e. The summed E-state index contributed by atoms with van der Waals surface area (Å²) in [4.78, 5) is 25.1. The van der Waals surface area contributed by atoms with Gasteiger partial charge in [-0.3, -0.25) is 4.79 Å². The molecule has 0 aromatic carbocycles. The Hall–Kier alpha value is -2.13. The molecule has 1 amide bonds. The lowest BCUT2D eigenvalue weighted by Gasteiger charge is -2.38. The van der Waals surface area contributed by atoms with Crippen LogP contribution in [0.25, 0.3) is 0 Å². The van der Waals surface area contributed by atoms with Gasteiger partial charge in [-0.25, -0.2) is 0 Å². The van der Waals surface area contributed by atoms with Crippen LogP contribution in [0, 0.1) is 11.8 Å². The molecular formula is C20H32N6O3. The second kappa shape index (κ2) is 9.13.